The average Bonchev–Trinajstić information content (AvgIpc) is 3.56. The van der Waals surface area contributed by atoms with Crippen molar-refractivity contribution < 1.29 is 19.0 Å². The number of carbonyl (C=O) groups excluding carboxylic acids is 1. The molecule has 1 N–H and O–H groups in total. The van der Waals surface area contributed by atoms with Gasteiger partial charge < -0.3 is 4.90 Å². The number of nitrogens with zero attached hydrogens (tertiary/aromatic N) is 2. The molecule has 1 aromatic carbocycles. The second-order valence-electron chi connectivity index (χ2n) is 11.9. The molecule has 3 aliphatic heterocycles. The van der Waals surface area contributed by atoms with Crippen molar-refractivity contribution in [1.29, 1.82) is 0 Å². The number of ether oxygens (including phenoxy) is 3. The van der Waals surface area contributed by atoms with E-state index in [0.29, 0.717) is 46.8 Å². The third-order valence-corrected chi connectivity index (χ3v) is 11.0. The zero-order valence-electron chi connectivity index (χ0n) is 23.4. The summed E-state index contributed by atoms with van der Waals surface area (Å²) in [5, 5.41) is 0.479. The Morgan fingerprint density at radius 1 is 1.18 bits per heavy atom. The summed E-state index contributed by atoms with van der Waals surface area (Å²) in [5.41, 5.74) is 3.40. The fourth-order valence-corrected chi connectivity index (χ4v) is 8.34. The maximum absolute atomic E-state index is 14.1. The van der Waals surface area contributed by atoms with Crippen LogP contribution in [0.25, 0.3) is 0 Å². The first-order chi connectivity index (χ1) is 18.5. The van der Waals surface area contributed by atoms with Gasteiger partial charge in [-0.1, -0.05) is 0 Å². The van der Waals surface area contributed by atoms with Gasteiger partial charge in [0, 0.05) is 6.04 Å². The fourth-order valence-electron chi connectivity index (χ4n) is 6.46. The van der Waals surface area contributed by atoms with Crippen molar-refractivity contribution >= 4 is 36.9 Å². The average molecular weight is 621 g/mol. The number of fused-ring (bicyclic) bond motifs is 3. The molecule has 0 radical (unpaired) electrons. The predicted octanol–water partition coefficient (Wildman–Crippen LogP) is 3.31. The number of aromatic amines is 1. The molecular formula is C29H36ClN3O5Se. The molecule has 8 nitrogen and oxygen atoms in total. The summed E-state index contributed by atoms with van der Waals surface area (Å²) in [5.74, 6) is 2.01. The SMILES string of the molecule is C[Se]c1cc(C)[nH]c(=O)c1CN1CC2(CC2)c2c(Cl)c3c(c(C)c2C1=O)O[C@@](C)([C@@H]1CC[C@@H](N(C)C)CO1)O3. The second kappa shape index (κ2) is 9.52. The summed E-state index contributed by atoms with van der Waals surface area (Å²) in [7, 11) is 4.13. The van der Waals surface area contributed by atoms with Gasteiger partial charge in [0.15, 0.2) is 0 Å². The van der Waals surface area contributed by atoms with Gasteiger partial charge in [0.25, 0.3) is 0 Å². The number of amides is 1. The van der Waals surface area contributed by atoms with Crippen LogP contribution in [0.15, 0.2) is 10.9 Å². The molecule has 3 atom stereocenters. The Balaban J connectivity index is 1.35. The Bertz CT molecular complexity index is 1410. The van der Waals surface area contributed by atoms with Gasteiger partial charge in [-0.05, 0) is 20.5 Å². The minimum absolute atomic E-state index is 0.112. The van der Waals surface area contributed by atoms with E-state index in [1.807, 2.05) is 31.7 Å². The van der Waals surface area contributed by atoms with E-state index in [4.69, 9.17) is 25.8 Å². The molecular weight excluding hydrogens is 585 g/mol. The molecule has 0 unspecified atom stereocenters. The molecule has 1 aromatic heterocycles. The molecule has 1 aliphatic carbocycles. The van der Waals surface area contributed by atoms with Crippen LogP contribution in [0.3, 0.4) is 0 Å². The number of benzene rings is 1. The van der Waals surface area contributed by atoms with Gasteiger partial charge >= 0.3 is 203 Å². The molecule has 1 saturated carbocycles. The van der Waals surface area contributed by atoms with Crippen LogP contribution in [0.2, 0.25) is 10.8 Å². The monoisotopic (exact) mass is 621 g/mol. The standard InChI is InChI=1S/C29H36ClN3O5Se/c1-15-11-19(39-6)18(26(34)31-15)12-33-14-29(9-10-29)22-21(27(33)35)16(2)24-25(23(22)30)38-28(3,37-24)20-8-7-17(13-36-20)32(4)5/h11,17,20H,7-10,12-14H2,1-6H3,(H,31,34)/t17-,20+,28-/m1/s1. The molecule has 10 heteroatoms. The molecule has 2 fully saturated rings. The number of aromatic nitrogens is 1. The summed E-state index contributed by atoms with van der Waals surface area (Å²) in [6.07, 6.45) is 3.40. The van der Waals surface area contributed by atoms with Crippen molar-refractivity contribution in [3.63, 3.8) is 0 Å². The number of carbonyl (C=O) groups is 1. The molecule has 0 bridgehead atoms. The van der Waals surface area contributed by atoms with E-state index in [0.717, 1.165) is 47.0 Å². The number of hydrogen-bond donors (Lipinski definition) is 1. The van der Waals surface area contributed by atoms with Crippen molar-refractivity contribution in [3.05, 3.63) is 49.4 Å². The zero-order valence-corrected chi connectivity index (χ0v) is 25.9. The van der Waals surface area contributed by atoms with Crippen LogP contribution in [0.5, 0.6) is 11.5 Å². The first kappa shape index (κ1) is 27.2. The van der Waals surface area contributed by atoms with Crippen molar-refractivity contribution in [2.24, 2.45) is 0 Å². The quantitative estimate of drug-likeness (QED) is 0.517. The summed E-state index contributed by atoms with van der Waals surface area (Å²) in [4.78, 5) is 33.9. The molecule has 2 aromatic rings. The van der Waals surface area contributed by atoms with Gasteiger partial charge in [-0.25, -0.2) is 0 Å². The van der Waals surface area contributed by atoms with Crippen LogP contribution >= 0.6 is 11.6 Å². The zero-order chi connectivity index (χ0) is 27.9. The van der Waals surface area contributed by atoms with E-state index in [1.165, 1.54) is 0 Å². The summed E-state index contributed by atoms with van der Waals surface area (Å²) in [6, 6.07) is 2.39. The van der Waals surface area contributed by atoms with E-state index in [9.17, 15) is 9.59 Å². The number of nitrogens with one attached hydrogen (secondary N) is 1. The van der Waals surface area contributed by atoms with E-state index in [2.05, 4.69) is 29.8 Å². The number of pyridine rings is 1. The Morgan fingerprint density at radius 2 is 1.90 bits per heavy atom. The minimum atomic E-state index is -1.02. The first-order valence-corrected chi connectivity index (χ1v) is 16.5. The Labute approximate surface area is 240 Å². The van der Waals surface area contributed by atoms with Crippen LogP contribution in [-0.2, 0) is 16.7 Å². The molecule has 4 aliphatic rings. The third-order valence-electron chi connectivity index (χ3n) is 8.94. The number of aryl methyl sites for hydroxylation is 1. The summed E-state index contributed by atoms with van der Waals surface area (Å²) < 4.78 is 20.2. The molecule has 210 valence electrons. The fraction of sp³-hybridized carbons (Fsp3) is 0.586. The molecule has 4 heterocycles. The van der Waals surface area contributed by atoms with Crippen LogP contribution in [0.1, 0.15) is 65.3 Å². The number of hydrogen-bond acceptors (Lipinski definition) is 6. The van der Waals surface area contributed by atoms with Crippen molar-refractivity contribution in [3.8, 4) is 11.5 Å². The predicted molar refractivity (Wildman–Crippen MR) is 151 cm³/mol. The van der Waals surface area contributed by atoms with E-state index >= 15 is 0 Å². The van der Waals surface area contributed by atoms with E-state index in [1.54, 1.807) is 0 Å². The molecule has 39 heavy (non-hydrogen) atoms. The Morgan fingerprint density at radius 3 is 2.51 bits per heavy atom. The van der Waals surface area contributed by atoms with Gasteiger partial charge in [-0.2, -0.15) is 0 Å². The normalized spacial score (nSPS) is 26.9. The number of halogens is 1. The number of rotatable bonds is 5. The Hall–Kier alpha value is -2.03. The van der Waals surface area contributed by atoms with Gasteiger partial charge in [0.1, 0.15) is 0 Å². The van der Waals surface area contributed by atoms with E-state index in [-0.39, 0.29) is 44.5 Å². The van der Waals surface area contributed by atoms with Crippen molar-refractivity contribution in [1.82, 2.24) is 14.8 Å². The Kier molecular flexibility index (Phi) is 6.63. The van der Waals surface area contributed by atoms with Gasteiger partial charge in [-0.3, -0.25) is 0 Å². The van der Waals surface area contributed by atoms with Gasteiger partial charge in [0.05, 0.1) is 6.61 Å². The number of H-pyrrole nitrogens is 1. The number of likely N-dealkylation sites (N-methyl/N-ethyl adjacent to an activating group) is 1. The van der Waals surface area contributed by atoms with Crippen molar-refractivity contribution in [2.45, 2.75) is 82.2 Å². The summed E-state index contributed by atoms with van der Waals surface area (Å²) >= 11 is 7.22. The molecule has 1 spiro atoms. The van der Waals surface area contributed by atoms with Gasteiger partial charge in [-0.15, -0.1) is 0 Å². The summed E-state index contributed by atoms with van der Waals surface area (Å²) in [6.45, 7) is 7.14. The second-order valence-corrected chi connectivity index (χ2v) is 14.0. The van der Waals surface area contributed by atoms with Crippen LogP contribution in [-0.4, -0.2) is 80.8 Å². The topological polar surface area (TPSA) is 84.1 Å². The van der Waals surface area contributed by atoms with Crippen LogP contribution in [0.4, 0.5) is 0 Å². The van der Waals surface area contributed by atoms with Crippen LogP contribution in [0, 0.1) is 13.8 Å². The first-order valence-electron chi connectivity index (χ1n) is 13.6. The molecule has 1 saturated heterocycles. The van der Waals surface area contributed by atoms with Crippen molar-refractivity contribution in [2.75, 3.05) is 27.2 Å². The van der Waals surface area contributed by atoms with Gasteiger partial charge in [0.2, 0.25) is 0 Å². The third kappa shape index (κ3) is 4.32. The van der Waals surface area contributed by atoms with Crippen LogP contribution < -0.4 is 19.5 Å². The van der Waals surface area contributed by atoms with E-state index < -0.39 is 5.79 Å². The molecule has 1 amide bonds. The maximum atomic E-state index is 14.1. The molecule has 6 rings (SSSR count).